The van der Waals surface area contributed by atoms with E-state index in [4.69, 9.17) is 0 Å². The van der Waals surface area contributed by atoms with E-state index in [1.807, 2.05) is 14.0 Å². The van der Waals surface area contributed by atoms with Crippen molar-refractivity contribution in [1.82, 2.24) is 5.01 Å². The molecule has 54 valence electrons. The van der Waals surface area contributed by atoms with Gasteiger partial charge < -0.3 is 0 Å². The number of hydrogen-bond acceptors (Lipinski definition) is 2. The first-order valence-corrected chi connectivity index (χ1v) is 3.12. The van der Waals surface area contributed by atoms with E-state index >= 15 is 0 Å². The highest BCUT2D eigenvalue weighted by molar-refractivity contribution is 6.25. The second-order valence-corrected chi connectivity index (χ2v) is 2.23. The van der Waals surface area contributed by atoms with Crippen molar-refractivity contribution >= 4 is 11.5 Å². The van der Waals surface area contributed by atoms with Crippen LogP contribution in [0, 0.1) is 0 Å². The molecule has 0 aliphatic carbocycles. The molecular weight excluding hydrogens is 126 g/mol. The van der Waals surface area contributed by atoms with Crippen LogP contribution in [-0.4, -0.2) is 30.7 Å². The first kappa shape index (κ1) is 6.99. The Kier molecular flexibility index (Phi) is 1.57. The van der Waals surface area contributed by atoms with Gasteiger partial charge >= 0.3 is 0 Å². The summed E-state index contributed by atoms with van der Waals surface area (Å²) in [6, 6.07) is 0. The molecule has 3 nitrogen and oxygen atoms in total. The van der Waals surface area contributed by atoms with Crippen molar-refractivity contribution in [3.63, 3.8) is 0 Å². The zero-order chi connectivity index (χ0) is 7.72. The lowest BCUT2D eigenvalue weighted by Crippen LogP contribution is -2.16. The summed E-state index contributed by atoms with van der Waals surface area (Å²) in [6.07, 6.45) is 0. The van der Waals surface area contributed by atoms with Crippen LogP contribution in [0.4, 0.5) is 0 Å². The molecule has 0 amide bonds. The predicted octanol–water partition coefficient (Wildman–Crippen LogP) is 0.892. The van der Waals surface area contributed by atoms with Crippen LogP contribution in [0.15, 0.2) is 22.2 Å². The van der Waals surface area contributed by atoms with Crippen LogP contribution in [0.25, 0.3) is 0 Å². The molecule has 3 heteroatoms. The van der Waals surface area contributed by atoms with Crippen molar-refractivity contribution in [2.24, 2.45) is 10.1 Å². The fraction of sp³-hybridized carbons (Fsp3) is 0.429. The molecule has 0 bridgehead atoms. The van der Waals surface area contributed by atoms with Crippen molar-refractivity contribution in [3.05, 3.63) is 12.2 Å². The number of aliphatic imine (C=N–C) groups is 1. The van der Waals surface area contributed by atoms with Crippen LogP contribution >= 0.6 is 0 Å². The van der Waals surface area contributed by atoms with E-state index < -0.39 is 0 Å². The second-order valence-electron chi connectivity index (χ2n) is 2.23. The molecule has 0 saturated carbocycles. The first-order valence-electron chi connectivity index (χ1n) is 3.12. The molecule has 0 fully saturated rings. The molecule has 0 aromatic carbocycles. The molecule has 0 atom stereocenters. The minimum atomic E-state index is 0.859. The summed E-state index contributed by atoms with van der Waals surface area (Å²) in [7, 11) is 3.61. The lowest BCUT2D eigenvalue weighted by molar-refractivity contribution is 0.558. The highest BCUT2D eigenvalue weighted by Crippen LogP contribution is 2.11. The number of hydrazone groups is 1. The van der Waals surface area contributed by atoms with Gasteiger partial charge in [0.15, 0.2) is 5.84 Å². The molecule has 0 unspecified atom stereocenters. The lowest BCUT2D eigenvalue weighted by Gasteiger charge is -2.05. The molecule has 0 N–H and O–H groups in total. The van der Waals surface area contributed by atoms with E-state index in [2.05, 4.69) is 16.7 Å². The average molecular weight is 137 g/mol. The first-order chi connectivity index (χ1) is 4.66. The monoisotopic (exact) mass is 137 g/mol. The van der Waals surface area contributed by atoms with E-state index in [-0.39, 0.29) is 0 Å². The summed E-state index contributed by atoms with van der Waals surface area (Å²) in [5.41, 5.74) is 1.87. The number of hydrogen-bond donors (Lipinski definition) is 0. The van der Waals surface area contributed by atoms with Gasteiger partial charge in [0.1, 0.15) is 0 Å². The molecule has 0 aromatic heterocycles. The Bertz CT molecular complexity index is 225. The Morgan fingerprint density at radius 2 is 2.20 bits per heavy atom. The third-order valence-corrected chi connectivity index (χ3v) is 1.52. The fourth-order valence-corrected chi connectivity index (χ4v) is 0.970. The minimum Gasteiger partial charge on any atom is -0.270 e. The summed E-state index contributed by atoms with van der Waals surface area (Å²) in [4.78, 5) is 4.03. The van der Waals surface area contributed by atoms with E-state index in [9.17, 15) is 0 Å². The van der Waals surface area contributed by atoms with E-state index in [0.29, 0.717) is 0 Å². The van der Waals surface area contributed by atoms with Crippen LogP contribution in [0.3, 0.4) is 0 Å². The molecule has 0 saturated heterocycles. The van der Waals surface area contributed by atoms with Crippen molar-refractivity contribution in [1.29, 1.82) is 0 Å². The standard InChI is InChI=1S/C7H11N3/c1-5-6(2)9-10(4)7(5)8-3/h1H2,2-4H3/b8-7+. The van der Waals surface area contributed by atoms with Crippen molar-refractivity contribution < 1.29 is 0 Å². The third kappa shape index (κ3) is 0.835. The smallest absolute Gasteiger partial charge is 0.152 e. The average Bonchev–Trinajstić information content (AvgIpc) is 2.09. The zero-order valence-electron chi connectivity index (χ0n) is 6.55. The molecular formula is C7H11N3. The van der Waals surface area contributed by atoms with E-state index in [1.54, 1.807) is 12.1 Å². The summed E-state index contributed by atoms with van der Waals surface area (Å²) < 4.78 is 0. The van der Waals surface area contributed by atoms with Gasteiger partial charge in [0.2, 0.25) is 0 Å². The molecule has 0 aromatic rings. The number of amidine groups is 1. The van der Waals surface area contributed by atoms with Crippen molar-refractivity contribution in [3.8, 4) is 0 Å². The Labute approximate surface area is 60.8 Å². The highest BCUT2D eigenvalue weighted by atomic mass is 15.5. The van der Waals surface area contributed by atoms with Crippen molar-refractivity contribution in [2.75, 3.05) is 14.1 Å². The van der Waals surface area contributed by atoms with E-state index in [0.717, 1.165) is 17.1 Å². The van der Waals surface area contributed by atoms with Gasteiger partial charge in [-0.05, 0) is 6.92 Å². The minimum absolute atomic E-state index is 0.859. The van der Waals surface area contributed by atoms with Crippen molar-refractivity contribution in [2.45, 2.75) is 6.92 Å². The van der Waals surface area contributed by atoms with Crippen LogP contribution < -0.4 is 0 Å². The normalized spacial score (nSPS) is 22.3. The Balaban J connectivity index is 2.98. The lowest BCUT2D eigenvalue weighted by atomic mass is 10.2. The number of rotatable bonds is 0. The Morgan fingerprint density at radius 1 is 1.60 bits per heavy atom. The Morgan fingerprint density at radius 3 is 2.40 bits per heavy atom. The molecule has 10 heavy (non-hydrogen) atoms. The molecule has 1 aliphatic heterocycles. The summed E-state index contributed by atoms with van der Waals surface area (Å²) >= 11 is 0. The Hall–Kier alpha value is -1.12. The topological polar surface area (TPSA) is 28.0 Å². The SMILES string of the molecule is C=C1C(C)=NN(C)/C1=N/C. The van der Waals surface area contributed by atoms with Gasteiger partial charge in [0, 0.05) is 19.7 Å². The van der Waals surface area contributed by atoms with Crippen LogP contribution in [0.1, 0.15) is 6.92 Å². The second kappa shape index (κ2) is 2.25. The third-order valence-electron chi connectivity index (χ3n) is 1.52. The maximum atomic E-state index is 4.14. The van der Waals surface area contributed by atoms with Crippen LogP contribution in [0.5, 0.6) is 0 Å². The summed E-state index contributed by atoms with van der Waals surface area (Å²) in [5.74, 6) is 0.859. The van der Waals surface area contributed by atoms with Gasteiger partial charge in [0.05, 0.1) is 5.71 Å². The zero-order valence-corrected chi connectivity index (χ0v) is 6.55. The van der Waals surface area contributed by atoms with Gasteiger partial charge in [-0.1, -0.05) is 6.58 Å². The molecule has 1 heterocycles. The van der Waals surface area contributed by atoms with Gasteiger partial charge in [0.25, 0.3) is 0 Å². The van der Waals surface area contributed by atoms with Gasteiger partial charge in [-0.3, -0.25) is 10.0 Å². The van der Waals surface area contributed by atoms with Crippen LogP contribution in [0.2, 0.25) is 0 Å². The highest BCUT2D eigenvalue weighted by Gasteiger charge is 2.18. The summed E-state index contributed by atoms with van der Waals surface area (Å²) in [6.45, 7) is 5.76. The molecule has 0 radical (unpaired) electrons. The maximum Gasteiger partial charge on any atom is 0.152 e. The summed E-state index contributed by atoms with van der Waals surface area (Å²) in [5, 5.41) is 5.88. The number of nitrogens with zero attached hydrogens (tertiary/aromatic N) is 3. The largest absolute Gasteiger partial charge is 0.270 e. The van der Waals surface area contributed by atoms with Gasteiger partial charge in [-0.15, -0.1) is 0 Å². The molecule has 1 rings (SSSR count). The fourth-order valence-electron chi connectivity index (χ4n) is 0.970. The van der Waals surface area contributed by atoms with Gasteiger partial charge in [-0.25, -0.2) is 0 Å². The molecule has 0 spiro atoms. The van der Waals surface area contributed by atoms with Crippen LogP contribution in [-0.2, 0) is 0 Å². The quantitative estimate of drug-likeness (QED) is 0.487. The number of likely N-dealkylation sites (N-methyl/N-ethyl adjacent to an activating group) is 1. The predicted molar refractivity (Wildman–Crippen MR) is 43.4 cm³/mol. The van der Waals surface area contributed by atoms with Gasteiger partial charge in [-0.2, -0.15) is 5.10 Å². The maximum absolute atomic E-state index is 4.14. The molecule has 1 aliphatic rings. The van der Waals surface area contributed by atoms with E-state index in [1.165, 1.54) is 0 Å².